The molecular weight excluding hydrogens is 224 g/mol. The van der Waals surface area contributed by atoms with Crippen LogP contribution in [0.5, 0.6) is 5.75 Å². The summed E-state index contributed by atoms with van der Waals surface area (Å²) in [4.78, 5) is 2.41. The van der Waals surface area contributed by atoms with Crippen molar-refractivity contribution in [2.75, 3.05) is 19.7 Å². The molecule has 1 unspecified atom stereocenters. The molecule has 1 aliphatic heterocycles. The maximum absolute atomic E-state index is 5.91. The van der Waals surface area contributed by atoms with Crippen molar-refractivity contribution in [3.63, 3.8) is 0 Å². The van der Waals surface area contributed by atoms with Crippen LogP contribution in [0.1, 0.15) is 31.7 Å². The Morgan fingerprint density at radius 2 is 2.11 bits per heavy atom. The van der Waals surface area contributed by atoms with Crippen molar-refractivity contribution in [2.45, 2.75) is 38.8 Å². The molecule has 2 rings (SSSR count). The summed E-state index contributed by atoms with van der Waals surface area (Å²) in [5.74, 6) is 0.977. The van der Waals surface area contributed by atoms with Crippen LogP contribution in [0, 0.1) is 0 Å². The number of unbranched alkanes of at least 4 members (excludes halogenated alkanes) is 1. The van der Waals surface area contributed by atoms with Gasteiger partial charge in [-0.15, -0.1) is 0 Å². The topological polar surface area (TPSA) is 38.5 Å². The average molecular weight is 248 g/mol. The Balaban J connectivity index is 1.80. The molecule has 0 aliphatic carbocycles. The molecule has 1 fully saturated rings. The second kappa shape index (κ2) is 6.76. The molecule has 0 spiro atoms. The molecule has 1 heterocycles. The van der Waals surface area contributed by atoms with Crippen LogP contribution in [0.25, 0.3) is 0 Å². The van der Waals surface area contributed by atoms with Gasteiger partial charge < -0.3 is 10.5 Å². The van der Waals surface area contributed by atoms with E-state index in [9.17, 15) is 0 Å². The van der Waals surface area contributed by atoms with Gasteiger partial charge in [0.25, 0.3) is 0 Å². The van der Waals surface area contributed by atoms with Gasteiger partial charge in [0, 0.05) is 25.7 Å². The molecule has 18 heavy (non-hydrogen) atoms. The lowest BCUT2D eigenvalue weighted by Crippen LogP contribution is -2.26. The summed E-state index contributed by atoms with van der Waals surface area (Å²) in [6.07, 6.45) is 3.42. The van der Waals surface area contributed by atoms with Crippen LogP contribution in [0.2, 0.25) is 0 Å². The van der Waals surface area contributed by atoms with Gasteiger partial charge in [-0.25, -0.2) is 0 Å². The summed E-state index contributed by atoms with van der Waals surface area (Å²) in [5.41, 5.74) is 7.25. The average Bonchev–Trinajstić information content (AvgIpc) is 2.77. The highest BCUT2D eigenvalue weighted by molar-refractivity contribution is 5.27. The molecule has 1 aromatic rings. The SMILES string of the molecule is CCCCOc1ccc(CN2CCC(N)C2)cc1. The molecule has 1 aliphatic rings. The van der Waals surface area contributed by atoms with Crippen LogP contribution in [0.4, 0.5) is 0 Å². The van der Waals surface area contributed by atoms with E-state index in [1.54, 1.807) is 0 Å². The molecule has 0 aromatic heterocycles. The van der Waals surface area contributed by atoms with E-state index in [1.165, 1.54) is 12.0 Å². The zero-order chi connectivity index (χ0) is 12.8. The summed E-state index contributed by atoms with van der Waals surface area (Å²) in [5, 5.41) is 0. The van der Waals surface area contributed by atoms with E-state index in [2.05, 4.69) is 36.1 Å². The molecule has 1 saturated heterocycles. The number of nitrogens with two attached hydrogens (primary N) is 1. The van der Waals surface area contributed by atoms with Gasteiger partial charge in [-0.3, -0.25) is 4.90 Å². The number of hydrogen-bond acceptors (Lipinski definition) is 3. The Kier molecular flexibility index (Phi) is 5.02. The second-order valence-electron chi connectivity index (χ2n) is 5.13. The van der Waals surface area contributed by atoms with Gasteiger partial charge in [-0.05, 0) is 30.5 Å². The van der Waals surface area contributed by atoms with Gasteiger partial charge in [0.15, 0.2) is 0 Å². The zero-order valence-corrected chi connectivity index (χ0v) is 11.3. The monoisotopic (exact) mass is 248 g/mol. The molecule has 0 bridgehead atoms. The van der Waals surface area contributed by atoms with Gasteiger partial charge in [0.1, 0.15) is 5.75 Å². The van der Waals surface area contributed by atoms with E-state index in [1.807, 2.05) is 0 Å². The Labute approximate surface area is 110 Å². The number of ether oxygens (including phenoxy) is 1. The van der Waals surface area contributed by atoms with Crippen molar-refractivity contribution in [3.8, 4) is 5.75 Å². The quantitative estimate of drug-likeness (QED) is 0.786. The predicted octanol–water partition coefficient (Wildman–Crippen LogP) is 2.40. The normalized spacial score (nSPS) is 20.2. The first-order valence-corrected chi connectivity index (χ1v) is 6.97. The third kappa shape index (κ3) is 4.00. The van der Waals surface area contributed by atoms with E-state index in [4.69, 9.17) is 10.5 Å². The fourth-order valence-corrected chi connectivity index (χ4v) is 2.29. The van der Waals surface area contributed by atoms with Gasteiger partial charge in [0.2, 0.25) is 0 Å². The van der Waals surface area contributed by atoms with Crippen LogP contribution in [-0.2, 0) is 6.54 Å². The summed E-state index contributed by atoms with van der Waals surface area (Å²) in [6.45, 7) is 6.14. The molecule has 3 nitrogen and oxygen atoms in total. The summed E-state index contributed by atoms with van der Waals surface area (Å²) in [7, 11) is 0. The lowest BCUT2D eigenvalue weighted by atomic mass is 10.2. The minimum Gasteiger partial charge on any atom is -0.494 e. The van der Waals surface area contributed by atoms with Crippen LogP contribution in [-0.4, -0.2) is 30.6 Å². The summed E-state index contributed by atoms with van der Waals surface area (Å²) in [6, 6.07) is 8.82. The third-order valence-corrected chi connectivity index (χ3v) is 3.40. The Hall–Kier alpha value is -1.06. The Morgan fingerprint density at radius 1 is 1.33 bits per heavy atom. The molecule has 0 amide bonds. The highest BCUT2D eigenvalue weighted by Crippen LogP contribution is 2.16. The molecular formula is C15H24N2O. The van der Waals surface area contributed by atoms with Crippen LogP contribution < -0.4 is 10.5 Å². The summed E-state index contributed by atoms with van der Waals surface area (Å²) >= 11 is 0. The first-order chi connectivity index (χ1) is 8.78. The zero-order valence-electron chi connectivity index (χ0n) is 11.3. The maximum Gasteiger partial charge on any atom is 0.119 e. The van der Waals surface area contributed by atoms with E-state index in [0.717, 1.165) is 44.8 Å². The lowest BCUT2D eigenvalue weighted by Gasteiger charge is -2.15. The van der Waals surface area contributed by atoms with E-state index in [-0.39, 0.29) is 0 Å². The fourth-order valence-electron chi connectivity index (χ4n) is 2.29. The maximum atomic E-state index is 5.91. The highest BCUT2D eigenvalue weighted by atomic mass is 16.5. The van der Waals surface area contributed by atoms with Crippen molar-refractivity contribution < 1.29 is 4.74 Å². The van der Waals surface area contributed by atoms with Gasteiger partial charge >= 0.3 is 0 Å². The van der Waals surface area contributed by atoms with Gasteiger partial charge in [0.05, 0.1) is 6.61 Å². The van der Waals surface area contributed by atoms with E-state index >= 15 is 0 Å². The molecule has 0 saturated carbocycles. The smallest absolute Gasteiger partial charge is 0.119 e. The Bertz CT molecular complexity index is 350. The van der Waals surface area contributed by atoms with Crippen molar-refractivity contribution >= 4 is 0 Å². The van der Waals surface area contributed by atoms with Crippen LogP contribution in [0.3, 0.4) is 0 Å². The molecule has 0 radical (unpaired) electrons. The van der Waals surface area contributed by atoms with Crippen molar-refractivity contribution in [2.24, 2.45) is 5.73 Å². The minimum absolute atomic E-state index is 0.363. The largest absolute Gasteiger partial charge is 0.494 e. The van der Waals surface area contributed by atoms with E-state index < -0.39 is 0 Å². The standard InChI is InChI=1S/C15H24N2O/c1-2-3-10-18-15-6-4-13(5-7-15)11-17-9-8-14(16)12-17/h4-7,14H,2-3,8-12,16H2,1H3. The predicted molar refractivity (Wildman–Crippen MR) is 74.7 cm³/mol. The third-order valence-electron chi connectivity index (χ3n) is 3.40. The number of likely N-dealkylation sites (tertiary alicyclic amines) is 1. The van der Waals surface area contributed by atoms with Crippen molar-refractivity contribution in [3.05, 3.63) is 29.8 Å². The van der Waals surface area contributed by atoms with Crippen LogP contribution in [0.15, 0.2) is 24.3 Å². The van der Waals surface area contributed by atoms with E-state index in [0.29, 0.717) is 6.04 Å². The molecule has 100 valence electrons. The minimum atomic E-state index is 0.363. The first kappa shape index (κ1) is 13.4. The number of rotatable bonds is 6. The highest BCUT2D eigenvalue weighted by Gasteiger charge is 2.18. The van der Waals surface area contributed by atoms with Gasteiger partial charge in [-0.1, -0.05) is 25.5 Å². The fraction of sp³-hybridized carbons (Fsp3) is 0.600. The molecule has 3 heteroatoms. The van der Waals surface area contributed by atoms with Crippen LogP contribution >= 0.6 is 0 Å². The molecule has 2 N–H and O–H groups in total. The molecule has 1 aromatic carbocycles. The van der Waals surface area contributed by atoms with Gasteiger partial charge in [-0.2, -0.15) is 0 Å². The number of hydrogen-bond donors (Lipinski definition) is 1. The molecule has 1 atom stereocenters. The number of nitrogens with zero attached hydrogens (tertiary/aromatic N) is 1. The van der Waals surface area contributed by atoms with Crippen molar-refractivity contribution in [1.29, 1.82) is 0 Å². The lowest BCUT2D eigenvalue weighted by molar-refractivity contribution is 0.308. The second-order valence-corrected chi connectivity index (χ2v) is 5.13. The summed E-state index contributed by atoms with van der Waals surface area (Å²) < 4.78 is 5.65. The Morgan fingerprint density at radius 3 is 2.72 bits per heavy atom. The first-order valence-electron chi connectivity index (χ1n) is 6.97. The number of benzene rings is 1. The van der Waals surface area contributed by atoms with Crippen molar-refractivity contribution in [1.82, 2.24) is 4.90 Å².